The fraction of sp³-hybridized carbons (Fsp3) is 0.667. The van der Waals surface area contributed by atoms with E-state index >= 15 is 0 Å². The second-order valence-electron chi connectivity index (χ2n) is 5.26. The van der Waals surface area contributed by atoms with E-state index in [1.54, 1.807) is 0 Å². The molecule has 1 N–H and O–H groups in total. The number of hydrogen-bond acceptors (Lipinski definition) is 3. The van der Waals surface area contributed by atoms with Crippen LogP contribution in [0.25, 0.3) is 0 Å². The summed E-state index contributed by atoms with van der Waals surface area (Å²) in [6.07, 6.45) is 6.51. The molecule has 1 aliphatic rings. The Morgan fingerprint density at radius 3 is 2.95 bits per heavy atom. The lowest BCUT2D eigenvalue weighted by Crippen LogP contribution is -2.34. The van der Waals surface area contributed by atoms with Crippen molar-refractivity contribution in [2.24, 2.45) is 0 Å². The maximum atomic E-state index is 6.29. The van der Waals surface area contributed by atoms with Gasteiger partial charge in [-0.1, -0.05) is 31.4 Å². The maximum Gasteiger partial charge on any atom is 0.126 e. The molecule has 1 saturated heterocycles. The van der Waals surface area contributed by atoms with E-state index in [-0.39, 0.29) is 0 Å². The molecule has 1 unspecified atom stereocenters. The third-order valence-corrected chi connectivity index (χ3v) is 4.34. The molecule has 1 aromatic rings. The summed E-state index contributed by atoms with van der Waals surface area (Å²) in [6.45, 7) is 4.31. The predicted octanol–water partition coefficient (Wildman–Crippen LogP) is 3.93. The first kappa shape index (κ1) is 14.6. The van der Waals surface area contributed by atoms with Gasteiger partial charge in [0.25, 0.3) is 0 Å². The lowest BCUT2D eigenvalue weighted by Gasteiger charge is -2.29. The van der Waals surface area contributed by atoms with E-state index in [9.17, 15) is 0 Å². The fourth-order valence-electron chi connectivity index (χ4n) is 2.83. The number of likely N-dealkylation sites (tertiary alicyclic amines) is 1. The predicted molar refractivity (Wildman–Crippen MR) is 81.8 cm³/mol. The number of nitrogens with zero attached hydrogens (tertiary/aromatic N) is 2. The lowest BCUT2D eigenvalue weighted by molar-refractivity contribution is 0.184. The van der Waals surface area contributed by atoms with Gasteiger partial charge in [0.1, 0.15) is 5.82 Å². The van der Waals surface area contributed by atoms with Crippen molar-refractivity contribution in [1.29, 1.82) is 0 Å². The van der Waals surface area contributed by atoms with E-state index in [4.69, 9.17) is 11.6 Å². The molecule has 1 fully saturated rings. The van der Waals surface area contributed by atoms with Crippen LogP contribution in [-0.4, -0.2) is 29.5 Å². The van der Waals surface area contributed by atoms with Crippen LogP contribution >= 0.6 is 11.6 Å². The topological polar surface area (TPSA) is 28.2 Å². The molecular formula is C15H24ClN3. The number of halogens is 1. The highest BCUT2D eigenvalue weighted by Gasteiger charge is 2.20. The van der Waals surface area contributed by atoms with Crippen molar-refractivity contribution in [2.75, 3.05) is 18.9 Å². The first-order chi connectivity index (χ1) is 9.24. The Bertz CT molecular complexity index is 408. The standard InChI is InChI=1S/C15H24ClN3/c1-3-12-7-5-4-6-10-19(12)11-14-13(16)8-9-15(17-2)18-14/h8-9,12H,3-7,10-11H2,1-2H3,(H,17,18). The summed E-state index contributed by atoms with van der Waals surface area (Å²) in [4.78, 5) is 7.16. The summed E-state index contributed by atoms with van der Waals surface area (Å²) in [5.74, 6) is 0.891. The lowest BCUT2D eigenvalue weighted by atomic mass is 10.1. The van der Waals surface area contributed by atoms with Crippen molar-refractivity contribution in [2.45, 2.75) is 51.6 Å². The van der Waals surface area contributed by atoms with Gasteiger partial charge in [-0.2, -0.15) is 0 Å². The van der Waals surface area contributed by atoms with Gasteiger partial charge in [0.2, 0.25) is 0 Å². The Labute approximate surface area is 121 Å². The molecule has 0 spiro atoms. The minimum Gasteiger partial charge on any atom is -0.373 e. The molecule has 1 atom stereocenters. The summed E-state index contributed by atoms with van der Waals surface area (Å²) in [5, 5.41) is 3.86. The van der Waals surface area contributed by atoms with Crippen LogP contribution in [0.4, 0.5) is 5.82 Å². The van der Waals surface area contributed by atoms with Crippen LogP contribution in [-0.2, 0) is 6.54 Å². The van der Waals surface area contributed by atoms with E-state index in [1.165, 1.54) is 38.6 Å². The average molecular weight is 282 g/mol. The third kappa shape index (κ3) is 3.83. The van der Waals surface area contributed by atoms with Crippen LogP contribution in [0.5, 0.6) is 0 Å². The quantitative estimate of drug-likeness (QED) is 0.906. The summed E-state index contributed by atoms with van der Waals surface area (Å²) < 4.78 is 0. The van der Waals surface area contributed by atoms with Gasteiger partial charge in [-0.15, -0.1) is 0 Å². The molecule has 106 valence electrons. The van der Waals surface area contributed by atoms with Crippen molar-refractivity contribution in [1.82, 2.24) is 9.88 Å². The smallest absolute Gasteiger partial charge is 0.126 e. The number of hydrogen-bond donors (Lipinski definition) is 1. The summed E-state index contributed by atoms with van der Waals surface area (Å²) in [5.41, 5.74) is 0.994. The number of pyridine rings is 1. The van der Waals surface area contributed by atoms with E-state index in [0.717, 1.165) is 23.1 Å². The average Bonchev–Trinajstić information content (AvgIpc) is 2.66. The molecule has 2 rings (SSSR count). The monoisotopic (exact) mass is 281 g/mol. The van der Waals surface area contributed by atoms with Crippen LogP contribution in [0, 0.1) is 0 Å². The molecule has 0 amide bonds. The van der Waals surface area contributed by atoms with Crippen molar-refractivity contribution in [3.05, 3.63) is 22.8 Å². The van der Waals surface area contributed by atoms with Gasteiger partial charge in [0, 0.05) is 19.6 Å². The Morgan fingerprint density at radius 2 is 2.21 bits per heavy atom. The number of aromatic nitrogens is 1. The fourth-order valence-corrected chi connectivity index (χ4v) is 3.00. The summed E-state index contributed by atoms with van der Waals surface area (Å²) in [7, 11) is 1.89. The van der Waals surface area contributed by atoms with Gasteiger partial charge < -0.3 is 5.32 Å². The highest BCUT2D eigenvalue weighted by atomic mass is 35.5. The molecule has 19 heavy (non-hydrogen) atoms. The second kappa shape index (κ2) is 7.11. The highest BCUT2D eigenvalue weighted by Crippen LogP contribution is 2.24. The first-order valence-electron chi connectivity index (χ1n) is 7.31. The first-order valence-corrected chi connectivity index (χ1v) is 7.69. The summed E-state index contributed by atoms with van der Waals surface area (Å²) >= 11 is 6.29. The second-order valence-corrected chi connectivity index (χ2v) is 5.66. The Morgan fingerprint density at radius 1 is 1.37 bits per heavy atom. The molecule has 4 heteroatoms. The molecule has 0 bridgehead atoms. The zero-order valence-electron chi connectivity index (χ0n) is 12.0. The van der Waals surface area contributed by atoms with E-state index in [0.29, 0.717) is 6.04 Å². The normalized spacial score (nSPS) is 21.1. The highest BCUT2D eigenvalue weighted by molar-refractivity contribution is 6.31. The van der Waals surface area contributed by atoms with Gasteiger partial charge in [0.15, 0.2) is 0 Å². The van der Waals surface area contributed by atoms with Crippen molar-refractivity contribution in [3.8, 4) is 0 Å². The minimum absolute atomic E-state index is 0.679. The Hall–Kier alpha value is -0.800. The molecule has 0 radical (unpaired) electrons. The summed E-state index contributed by atoms with van der Waals surface area (Å²) in [6, 6.07) is 4.54. The van der Waals surface area contributed by atoms with Gasteiger partial charge in [-0.25, -0.2) is 4.98 Å². The number of nitrogens with one attached hydrogen (secondary N) is 1. The van der Waals surface area contributed by atoms with Crippen LogP contribution < -0.4 is 5.32 Å². The Kier molecular flexibility index (Phi) is 5.46. The van der Waals surface area contributed by atoms with Crippen LogP contribution in [0.15, 0.2) is 12.1 Å². The largest absolute Gasteiger partial charge is 0.373 e. The van der Waals surface area contributed by atoms with E-state index in [1.807, 2.05) is 19.2 Å². The maximum absolute atomic E-state index is 6.29. The van der Waals surface area contributed by atoms with Crippen LogP contribution in [0.3, 0.4) is 0 Å². The van der Waals surface area contributed by atoms with E-state index < -0.39 is 0 Å². The van der Waals surface area contributed by atoms with Crippen LogP contribution in [0.1, 0.15) is 44.7 Å². The molecule has 0 aliphatic carbocycles. The number of anilines is 1. The zero-order chi connectivity index (χ0) is 13.7. The van der Waals surface area contributed by atoms with Crippen molar-refractivity contribution in [3.63, 3.8) is 0 Å². The van der Waals surface area contributed by atoms with Gasteiger partial charge in [-0.05, 0) is 37.9 Å². The molecular weight excluding hydrogens is 258 g/mol. The number of rotatable bonds is 4. The SMILES string of the molecule is CCC1CCCCCN1Cc1nc(NC)ccc1Cl. The van der Waals surface area contributed by atoms with E-state index in [2.05, 4.69) is 22.1 Å². The molecule has 1 aliphatic heterocycles. The van der Waals surface area contributed by atoms with Gasteiger partial charge >= 0.3 is 0 Å². The Balaban J connectivity index is 2.13. The third-order valence-electron chi connectivity index (χ3n) is 4.00. The molecule has 1 aromatic heterocycles. The van der Waals surface area contributed by atoms with Gasteiger partial charge in [-0.3, -0.25) is 4.90 Å². The molecule has 3 nitrogen and oxygen atoms in total. The van der Waals surface area contributed by atoms with Crippen LogP contribution in [0.2, 0.25) is 5.02 Å². The molecule has 0 saturated carbocycles. The van der Waals surface area contributed by atoms with Crippen molar-refractivity contribution >= 4 is 17.4 Å². The van der Waals surface area contributed by atoms with Crippen molar-refractivity contribution < 1.29 is 0 Å². The minimum atomic E-state index is 0.679. The zero-order valence-corrected chi connectivity index (χ0v) is 12.7. The molecule has 2 heterocycles. The van der Waals surface area contributed by atoms with Gasteiger partial charge in [0.05, 0.1) is 10.7 Å². The molecule has 0 aromatic carbocycles.